The Balaban J connectivity index is 2.19. The zero-order valence-electron chi connectivity index (χ0n) is 12.9. The molecule has 5 heteroatoms. The van der Waals surface area contributed by atoms with E-state index in [2.05, 4.69) is 27.9 Å². The van der Waals surface area contributed by atoms with Gasteiger partial charge in [0, 0.05) is 23.2 Å². The zero-order valence-corrected chi connectivity index (χ0v) is 13.7. The highest BCUT2D eigenvalue weighted by atomic mass is 32.1. The molecule has 0 aliphatic carbocycles. The molecule has 2 N–H and O–H groups in total. The molecule has 1 aromatic heterocycles. The van der Waals surface area contributed by atoms with Crippen molar-refractivity contribution in [3.05, 3.63) is 45.4 Å². The highest BCUT2D eigenvalue weighted by Gasteiger charge is 2.12. The van der Waals surface area contributed by atoms with Gasteiger partial charge >= 0.3 is 0 Å². The minimum atomic E-state index is -0.0438. The number of aryl methyl sites for hydroxylation is 2. The number of aromatic nitrogens is 1. The topological polar surface area (TPSA) is 54.0 Å². The molecule has 0 bridgehead atoms. The maximum absolute atomic E-state index is 11.9. The van der Waals surface area contributed by atoms with Crippen LogP contribution >= 0.6 is 11.3 Å². The molecule has 0 saturated carbocycles. The van der Waals surface area contributed by atoms with E-state index >= 15 is 0 Å². The summed E-state index contributed by atoms with van der Waals surface area (Å²) in [6.45, 7) is 8.65. The summed E-state index contributed by atoms with van der Waals surface area (Å²) in [4.78, 5) is 16.4. The highest BCUT2D eigenvalue weighted by molar-refractivity contribution is 7.09. The van der Waals surface area contributed by atoms with Crippen LogP contribution in [0.3, 0.4) is 0 Å². The number of carbonyl (C=O) groups is 1. The summed E-state index contributed by atoms with van der Waals surface area (Å²) in [5, 5.41) is 9.39. The van der Waals surface area contributed by atoms with Crippen LogP contribution in [0.25, 0.3) is 0 Å². The first-order chi connectivity index (χ1) is 10.0. The van der Waals surface area contributed by atoms with Crippen LogP contribution in [0, 0.1) is 13.8 Å². The Hall–Kier alpha value is -1.88. The fourth-order valence-corrected chi connectivity index (χ4v) is 2.77. The van der Waals surface area contributed by atoms with Crippen molar-refractivity contribution < 1.29 is 4.79 Å². The monoisotopic (exact) mass is 303 g/mol. The normalized spacial score (nSPS) is 12.0. The van der Waals surface area contributed by atoms with Gasteiger partial charge < -0.3 is 10.6 Å². The second-order valence-corrected chi connectivity index (χ2v) is 6.11. The number of hydrogen-bond donors (Lipinski definition) is 2. The summed E-state index contributed by atoms with van der Waals surface area (Å²) >= 11 is 1.65. The van der Waals surface area contributed by atoms with Gasteiger partial charge in [-0.3, -0.25) is 4.79 Å². The maximum atomic E-state index is 11.9. The van der Waals surface area contributed by atoms with Gasteiger partial charge in [0.1, 0.15) is 0 Å². The first-order valence-electron chi connectivity index (χ1n) is 7.08. The predicted molar refractivity (Wildman–Crippen MR) is 88.1 cm³/mol. The molecule has 0 radical (unpaired) electrons. The third-order valence-corrected chi connectivity index (χ3v) is 4.08. The molecular formula is C16H21N3OS. The van der Waals surface area contributed by atoms with Crippen molar-refractivity contribution in [3.8, 4) is 0 Å². The summed E-state index contributed by atoms with van der Waals surface area (Å²) in [6, 6.07) is 5.82. The Labute approximate surface area is 129 Å². The number of amides is 1. The van der Waals surface area contributed by atoms with E-state index in [0.29, 0.717) is 12.1 Å². The summed E-state index contributed by atoms with van der Waals surface area (Å²) in [7, 11) is 0. The van der Waals surface area contributed by atoms with Crippen molar-refractivity contribution in [1.29, 1.82) is 0 Å². The predicted octanol–water partition coefficient (Wildman–Crippen LogP) is 3.68. The summed E-state index contributed by atoms with van der Waals surface area (Å²) in [6.07, 6.45) is 0. The molecule has 21 heavy (non-hydrogen) atoms. The Morgan fingerprint density at radius 3 is 2.76 bits per heavy atom. The van der Waals surface area contributed by atoms with Gasteiger partial charge in [-0.1, -0.05) is 6.07 Å². The third-order valence-electron chi connectivity index (χ3n) is 3.29. The number of nitrogens with zero attached hydrogens (tertiary/aromatic N) is 1. The van der Waals surface area contributed by atoms with Gasteiger partial charge in [0.15, 0.2) is 0 Å². The number of carbonyl (C=O) groups excluding carboxylic acids is 1. The van der Waals surface area contributed by atoms with Gasteiger partial charge in [-0.2, -0.15) is 0 Å². The Kier molecular flexibility index (Phi) is 4.96. The van der Waals surface area contributed by atoms with Crippen molar-refractivity contribution in [3.63, 3.8) is 0 Å². The number of rotatable bonds is 5. The lowest BCUT2D eigenvalue weighted by Gasteiger charge is -2.16. The van der Waals surface area contributed by atoms with E-state index in [1.54, 1.807) is 11.3 Å². The Bertz CT molecular complexity index is 636. The number of benzene rings is 1. The standard InChI is InChI=1S/C16H21N3OS/c1-5-17-16(20)13-7-6-10(2)14(8-13)18-11(3)15-9-21-12(4)19-15/h6-9,11,18H,5H2,1-4H3,(H,17,20). The second kappa shape index (κ2) is 6.72. The van der Waals surface area contributed by atoms with Gasteiger partial charge in [0.25, 0.3) is 5.91 Å². The second-order valence-electron chi connectivity index (χ2n) is 5.05. The lowest BCUT2D eigenvalue weighted by atomic mass is 10.1. The SMILES string of the molecule is CCNC(=O)c1ccc(C)c(NC(C)c2csc(C)n2)c1. The molecule has 2 rings (SSSR count). The van der Waals surface area contributed by atoms with Gasteiger partial charge in [0.2, 0.25) is 0 Å². The average molecular weight is 303 g/mol. The van der Waals surface area contributed by atoms with Gasteiger partial charge in [-0.25, -0.2) is 4.98 Å². The zero-order chi connectivity index (χ0) is 15.4. The minimum Gasteiger partial charge on any atom is -0.377 e. The third kappa shape index (κ3) is 3.82. The maximum Gasteiger partial charge on any atom is 0.251 e. The summed E-state index contributed by atoms with van der Waals surface area (Å²) in [5.74, 6) is -0.0438. The molecule has 1 atom stereocenters. The van der Waals surface area contributed by atoms with E-state index in [4.69, 9.17) is 0 Å². The van der Waals surface area contributed by atoms with E-state index in [0.717, 1.165) is 22.0 Å². The van der Waals surface area contributed by atoms with Crippen LogP contribution in [0.5, 0.6) is 0 Å². The van der Waals surface area contributed by atoms with Crippen molar-refractivity contribution in [2.75, 3.05) is 11.9 Å². The van der Waals surface area contributed by atoms with Crippen LogP contribution in [0.1, 0.15) is 46.5 Å². The number of hydrogen-bond acceptors (Lipinski definition) is 4. The first kappa shape index (κ1) is 15.5. The van der Waals surface area contributed by atoms with Crippen molar-refractivity contribution in [2.24, 2.45) is 0 Å². The molecule has 4 nitrogen and oxygen atoms in total. The van der Waals surface area contributed by atoms with Crippen LogP contribution in [-0.2, 0) is 0 Å². The summed E-state index contributed by atoms with van der Waals surface area (Å²) in [5.41, 5.74) is 3.78. The van der Waals surface area contributed by atoms with Crippen LogP contribution in [-0.4, -0.2) is 17.4 Å². The highest BCUT2D eigenvalue weighted by Crippen LogP contribution is 2.24. The molecule has 1 heterocycles. The Morgan fingerprint density at radius 2 is 2.14 bits per heavy atom. The van der Waals surface area contributed by atoms with Gasteiger partial charge in [0.05, 0.1) is 16.7 Å². The molecular weight excluding hydrogens is 282 g/mol. The fourth-order valence-electron chi connectivity index (χ4n) is 2.07. The van der Waals surface area contributed by atoms with E-state index < -0.39 is 0 Å². The largest absolute Gasteiger partial charge is 0.377 e. The molecule has 1 amide bonds. The lowest BCUT2D eigenvalue weighted by molar-refractivity contribution is 0.0956. The minimum absolute atomic E-state index is 0.0438. The molecule has 2 aromatic rings. The van der Waals surface area contributed by atoms with Crippen molar-refractivity contribution in [2.45, 2.75) is 33.7 Å². The van der Waals surface area contributed by atoms with E-state index in [9.17, 15) is 4.79 Å². The van der Waals surface area contributed by atoms with Crippen molar-refractivity contribution >= 4 is 22.9 Å². The molecule has 0 fully saturated rings. The molecule has 0 spiro atoms. The van der Waals surface area contributed by atoms with Crippen LogP contribution in [0.15, 0.2) is 23.6 Å². The molecule has 112 valence electrons. The first-order valence-corrected chi connectivity index (χ1v) is 7.96. The number of nitrogens with one attached hydrogen (secondary N) is 2. The molecule has 1 aromatic carbocycles. The summed E-state index contributed by atoms with van der Waals surface area (Å²) < 4.78 is 0. The van der Waals surface area contributed by atoms with E-state index in [1.165, 1.54) is 0 Å². The van der Waals surface area contributed by atoms with Crippen LogP contribution < -0.4 is 10.6 Å². The van der Waals surface area contributed by atoms with E-state index in [1.807, 2.05) is 39.0 Å². The van der Waals surface area contributed by atoms with Gasteiger partial charge in [-0.15, -0.1) is 11.3 Å². The van der Waals surface area contributed by atoms with Crippen LogP contribution in [0.4, 0.5) is 5.69 Å². The van der Waals surface area contributed by atoms with Crippen molar-refractivity contribution in [1.82, 2.24) is 10.3 Å². The lowest BCUT2D eigenvalue weighted by Crippen LogP contribution is -2.22. The van der Waals surface area contributed by atoms with Gasteiger partial charge in [-0.05, 0) is 45.4 Å². The Morgan fingerprint density at radius 1 is 1.38 bits per heavy atom. The molecule has 0 aliphatic rings. The quantitative estimate of drug-likeness (QED) is 0.886. The number of anilines is 1. The smallest absolute Gasteiger partial charge is 0.251 e. The molecule has 0 saturated heterocycles. The van der Waals surface area contributed by atoms with E-state index in [-0.39, 0.29) is 11.9 Å². The molecule has 0 aliphatic heterocycles. The van der Waals surface area contributed by atoms with Crippen LogP contribution in [0.2, 0.25) is 0 Å². The number of thiazole rings is 1. The average Bonchev–Trinajstić information content (AvgIpc) is 2.88. The fraction of sp³-hybridized carbons (Fsp3) is 0.375. The molecule has 1 unspecified atom stereocenters.